The lowest BCUT2D eigenvalue weighted by molar-refractivity contribution is -0.384. The second-order valence-electron chi connectivity index (χ2n) is 8.94. The first-order valence-electron chi connectivity index (χ1n) is 11.5. The number of amides is 1. The van der Waals surface area contributed by atoms with Crippen molar-refractivity contribution in [2.24, 2.45) is 4.99 Å². The molecule has 0 bridgehead atoms. The van der Waals surface area contributed by atoms with E-state index in [2.05, 4.69) is 5.32 Å². The van der Waals surface area contributed by atoms with E-state index < -0.39 is 20.9 Å². The van der Waals surface area contributed by atoms with E-state index in [4.69, 9.17) is 4.99 Å². The number of sulfonamides is 1. The average molecular weight is 522 g/mol. The highest BCUT2D eigenvalue weighted by Gasteiger charge is 2.36. The minimum absolute atomic E-state index is 0.124. The van der Waals surface area contributed by atoms with Crippen molar-refractivity contribution in [3.05, 3.63) is 94.0 Å². The molecule has 0 spiro atoms. The van der Waals surface area contributed by atoms with Gasteiger partial charge in [-0.1, -0.05) is 30.3 Å². The van der Waals surface area contributed by atoms with Crippen LogP contribution in [-0.2, 0) is 14.8 Å². The van der Waals surface area contributed by atoms with Crippen molar-refractivity contribution < 1.29 is 18.1 Å². The Balaban J connectivity index is 1.73. The maximum atomic E-state index is 13.0. The standard InChI is InChI=1S/C26H27N5O5S/c1-29(2)15-16-30(3)37(35,36)21-12-9-19(10-13-21)27-25(18-7-5-4-6-8-18)24-22-17-20(31(33)34)11-14-23(22)28-26(24)32/h4-14,17,24H,15-16H2,1-3H3,(H,28,32). The van der Waals surface area contributed by atoms with Gasteiger partial charge in [-0.05, 0) is 50.0 Å². The third-order valence-corrected chi connectivity index (χ3v) is 7.95. The van der Waals surface area contributed by atoms with Gasteiger partial charge in [0.15, 0.2) is 0 Å². The molecule has 1 aliphatic rings. The number of hydrogen-bond acceptors (Lipinski definition) is 7. The van der Waals surface area contributed by atoms with Crippen LogP contribution in [0, 0.1) is 10.1 Å². The zero-order valence-electron chi connectivity index (χ0n) is 20.7. The van der Waals surface area contributed by atoms with Gasteiger partial charge in [0.2, 0.25) is 15.9 Å². The molecule has 0 saturated carbocycles. The predicted molar refractivity (Wildman–Crippen MR) is 142 cm³/mol. The Morgan fingerprint density at radius 2 is 1.68 bits per heavy atom. The summed E-state index contributed by atoms with van der Waals surface area (Å²) in [7, 11) is 1.60. The second kappa shape index (κ2) is 10.6. The predicted octanol–water partition coefficient (Wildman–Crippen LogP) is 3.63. The molecule has 10 nitrogen and oxygen atoms in total. The van der Waals surface area contributed by atoms with Crippen molar-refractivity contribution >= 4 is 38.7 Å². The van der Waals surface area contributed by atoms with E-state index in [9.17, 15) is 23.3 Å². The third-order valence-electron chi connectivity index (χ3n) is 6.08. The van der Waals surface area contributed by atoms with Crippen LogP contribution in [0.25, 0.3) is 0 Å². The van der Waals surface area contributed by atoms with Gasteiger partial charge in [-0.2, -0.15) is 4.31 Å². The summed E-state index contributed by atoms with van der Waals surface area (Å²) >= 11 is 0. The molecule has 1 amide bonds. The van der Waals surface area contributed by atoms with E-state index in [1.165, 1.54) is 41.7 Å². The van der Waals surface area contributed by atoms with Crippen LogP contribution in [0.5, 0.6) is 0 Å². The number of anilines is 1. The average Bonchev–Trinajstić information content (AvgIpc) is 3.21. The molecule has 11 heteroatoms. The third kappa shape index (κ3) is 5.58. The molecular weight excluding hydrogens is 494 g/mol. The number of carbonyl (C=O) groups excluding carboxylic acids is 1. The van der Waals surface area contributed by atoms with E-state index in [0.717, 1.165) is 0 Å². The number of fused-ring (bicyclic) bond motifs is 1. The maximum absolute atomic E-state index is 13.0. The molecule has 192 valence electrons. The van der Waals surface area contributed by atoms with Gasteiger partial charge >= 0.3 is 0 Å². The van der Waals surface area contributed by atoms with E-state index in [0.29, 0.717) is 41.3 Å². The Labute approximate surface area is 215 Å². The zero-order chi connectivity index (χ0) is 26.7. The molecule has 4 rings (SSSR count). The largest absolute Gasteiger partial charge is 0.325 e. The maximum Gasteiger partial charge on any atom is 0.269 e. The van der Waals surface area contributed by atoms with Crippen molar-refractivity contribution in [2.75, 3.05) is 39.5 Å². The van der Waals surface area contributed by atoms with Gasteiger partial charge in [-0.15, -0.1) is 0 Å². The van der Waals surface area contributed by atoms with Gasteiger partial charge in [0.25, 0.3) is 5.69 Å². The molecule has 1 N–H and O–H groups in total. The van der Waals surface area contributed by atoms with E-state index in [-0.39, 0.29) is 16.5 Å². The molecule has 0 aliphatic carbocycles. The minimum atomic E-state index is -3.68. The van der Waals surface area contributed by atoms with Gasteiger partial charge in [-0.3, -0.25) is 19.9 Å². The summed E-state index contributed by atoms with van der Waals surface area (Å²) in [6.45, 7) is 0.928. The zero-order valence-corrected chi connectivity index (χ0v) is 21.5. The van der Waals surface area contributed by atoms with Crippen molar-refractivity contribution in [3.8, 4) is 0 Å². The lowest BCUT2D eigenvalue weighted by atomic mass is 9.90. The fourth-order valence-corrected chi connectivity index (χ4v) is 5.17. The first-order chi connectivity index (χ1) is 17.6. The number of benzene rings is 3. The Kier molecular flexibility index (Phi) is 7.48. The fourth-order valence-electron chi connectivity index (χ4n) is 4.01. The topological polar surface area (TPSA) is 125 Å². The Morgan fingerprint density at radius 1 is 1.00 bits per heavy atom. The molecule has 1 unspecified atom stereocenters. The summed E-state index contributed by atoms with van der Waals surface area (Å²) in [5.41, 5.74) is 2.34. The lowest BCUT2D eigenvalue weighted by Crippen LogP contribution is -2.33. The molecule has 0 fully saturated rings. The number of likely N-dealkylation sites (N-methyl/N-ethyl adjacent to an activating group) is 2. The molecular formula is C26H27N5O5S. The van der Waals surface area contributed by atoms with Gasteiger partial charge < -0.3 is 10.2 Å². The normalized spacial score (nSPS) is 15.6. The summed E-state index contributed by atoms with van der Waals surface area (Å²) in [4.78, 5) is 30.7. The molecule has 37 heavy (non-hydrogen) atoms. The number of nitro groups is 1. The number of non-ortho nitro benzene ring substituents is 1. The van der Waals surface area contributed by atoms with Crippen LogP contribution in [0.15, 0.2) is 82.7 Å². The van der Waals surface area contributed by atoms with Crippen LogP contribution in [0.2, 0.25) is 0 Å². The van der Waals surface area contributed by atoms with Crippen molar-refractivity contribution in [1.82, 2.24) is 9.21 Å². The highest BCUT2D eigenvalue weighted by Crippen LogP contribution is 2.38. The molecule has 1 atom stereocenters. The van der Waals surface area contributed by atoms with Crippen LogP contribution in [-0.4, -0.2) is 68.4 Å². The number of nitrogens with zero attached hydrogens (tertiary/aromatic N) is 4. The molecule has 3 aromatic rings. The molecule has 0 saturated heterocycles. The summed E-state index contributed by atoms with van der Waals surface area (Å²) in [5, 5.41) is 14.2. The number of aliphatic imine (C=N–C) groups is 1. The minimum Gasteiger partial charge on any atom is -0.325 e. The smallest absolute Gasteiger partial charge is 0.269 e. The Hall–Kier alpha value is -3.93. The lowest BCUT2D eigenvalue weighted by Gasteiger charge is -2.19. The van der Waals surface area contributed by atoms with Crippen LogP contribution in [0.1, 0.15) is 17.0 Å². The van der Waals surface area contributed by atoms with Gasteiger partial charge in [0.05, 0.1) is 21.2 Å². The van der Waals surface area contributed by atoms with Crippen LogP contribution >= 0.6 is 0 Å². The first kappa shape index (κ1) is 26.1. The van der Waals surface area contributed by atoms with Crippen molar-refractivity contribution in [2.45, 2.75) is 10.8 Å². The van der Waals surface area contributed by atoms with E-state index in [1.54, 1.807) is 24.3 Å². The van der Waals surface area contributed by atoms with Crippen molar-refractivity contribution in [1.29, 1.82) is 0 Å². The van der Waals surface area contributed by atoms with E-state index >= 15 is 0 Å². The number of nitro benzene ring substituents is 1. The van der Waals surface area contributed by atoms with Gasteiger partial charge in [0.1, 0.15) is 5.92 Å². The summed E-state index contributed by atoms with van der Waals surface area (Å²) in [6.07, 6.45) is 0. The summed E-state index contributed by atoms with van der Waals surface area (Å²) in [5.74, 6) is -1.22. The SMILES string of the molecule is CN(C)CCN(C)S(=O)(=O)c1ccc(N=C(c2ccccc2)C2C(=O)Nc3ccc([N+](=O)[O-])cc32)cc1. The second-order valence-corrected chi connectivity index (χ2v) is 11.0. The highest BCUT2D eigenvalue weighted by atomic mass is 32.2. The van der Waals surface area contributed by atoms with Crippen molar-refractivity contribution in [3.63, 3.8) is 0 Å². The highest BCUT2D eigenvalue weighted by molar-refractivity contribution is 7.89. The quantitative estimate of drug-likeness (QED) is 0.260. The summed E-state index contributed by atoms with van der Waals surface area (Å²) < 4.78 is 27.2. The Bertz CT molecular complexity index is 1450. The first-order valence-corrected chi connectivity index (χ1v) is 13.0. The van der Waals surface area contributed by atoms with E-state index in [1.807, 2.05) is 37.2 Å². The Morgan fingerprint density at radius 3 is 2.30 bits per heavy atom. The molecule has 0 aromatic heterocycles. The van der Waals surface area contributed by atoms with Gasteiger partial charge in [-0.25, -0.2) is 8.42 Å². The fraction of sp³-hybridized carbons (Fsp3) is 0.231. The van der Waals surface area contributed by atoms with Crippen LogP contribution < -0.4 is 5.32 Å². The van der Waals surface area contributed by atoms with Crippen LogP contribution in [0.3, 0.4) is 0 Å². The summed E-state index contributed by atoms with van der Waals surface area (Å²) in [6, 6.07) is 19.4. The molecule has 1 heterocycles. The monoisotopic (exact) mass is 521 g/mol. The number of hydrogen-bond donors (Lipinski definition) is 1. The molecule has 0 radical (unpaired) electrons. The molecule has 3 aromatic carbocycles. The number of carbonyl (C=O) groups is 1. The van der Waals surface area contributed by atoms with Gasteiger partial charge in [0, 0.05) is 43.5 Å². The number of nitrogens with one attached hydrogen (secondary N) is 1. The number of rotatable bonds is 9. The van der Waals surface area contributed by atoms with Crippen LogP contribution in [0.4, 0.5) is 17.1 Å². The molecule has 1 aliphatic heterocycles.